The third kappa shape index (κ3) is 6.01. The molecular formula is C17H26ClN3O2. The van der Waals surface area contributed by atoms with Crippen molar-refractivity contribution in [2.24, 2.45) is 5.92 Å². The summed E-state index contributed by atoms with van der Waals surface area (Å²) in [5.41, 5.74) is 1.67. The van der Waals surface area contributed by atoms with E-state index in [1.165, 1.54) is 0 Å². The summed E-state index contributed by atoms with van der Waals surface area (Å²) in [5.74, 6) is 0.633. The van der Waals surface area contributed by atoms with Crippen LogP contribution in [0.5, 0.6) is 0 Å². The van der Waals surface area contributed by atoms with E-state index in [1.54, 1.807) is 6.07 Å². The van der Waals surface area contributed by atoms with Crippen LogP contribution in [0.4, 0.5) is 10.5 Å². The average Bonchev–Trinajstić information content (AvgIpc) is 2.48. The number of carbonyl (C=O) groups is 1. The number of hydrogen-bond donors (Lipinski definition) is 2. The van der Waals surface area contributed by atoms with Crippen molar-refractivity contribution in [3.8, 4) is 0 Å². The highest BCUT2D eigenvalue weighted by Gasteiger charge is 2.21. The second kappa shape index (κ2) is 8.52. The number of rotatable bonds is 5. The molecular weight excluding hydrogens is 314 g/mol. The lowest BCUT2D eigenvalue weighted by Crippen LogP contribution is -2.48. The van der Waals surface area contributed by atoms with E-state index in [-0.39, 0.29) is 12.1 Å². The van der Waals surface area contributed by atoms with Crippen LogP contribution in [0, 0.1) is 12.8 Å². The number of urea groups is 1. The molecule has 128 valence electrons. The molecule has 5 nitrogen and oxygen atoms in total. The van der Waals surface area contributed by atoms with Crippen LogP contribution in [0.25, 0.3) is 0 Å². The van der Waals surface area contributed by atoms with E-state index in [4.69, 9.17) is 16.3 Å². The van der Waals surface area contributed by atoms with Crippen molar-refractivity contribution in [3.05, 3.63) is 28.8 Å². The van der Waals surface area contributed by atoms with Gasteiger partial charge in [-0.15, -0.1) is 0 Å². The fraction of sp³-hybridized carbons (Fsp3) is 0.588. The van der Waals surface area contributed by atoms with Crippen LogP contribution in [-0.2, 0) is 4.74 Å². The Kier molecular flexibility index (Phi) is 6.69. The van der Waals surface area contributed by atoms with Gasteiger partial charge in [0.1, 0.15) is 0 Å². The van der Waals surface area contributed by atoms with Crippen LogP contribution >= 0.6 is 11.6 Å². The first-order chi connectivity index (χ1) is 10.9. The molecule has 1 aliphatic heterocycles. The molecule has 2 amide bonds. The van der Waals surface area contributed by atoms with Gasteiger partial charge in [0.15, 0.2) is 0 Å². The third-order valence-corrected chi connectivity index (χ3v) is 4.02. The van der Waals surface area contributed by atoms with Crippen molar-refractivity contribution in [3.63, 3.8) is 0 Å². The zero-order valence-electron chi connectivity index (χ0n) is 14.1. The molecule has 1 aromatic rings. The molecule has 0 saturated carbocycles. The summed E-state index contributed by atoms with van der Waals surface area (Å²) in [4.78, 5) is 14.4. The minimum Gasteiger partial charge on any atom is -0.374 e. The van der Waals surface area contributed by atoms with Gasteiger partial charge >= 0.3 is 6.03 Å². The quantitative estimate of drug-likeness (QED) is 0.866. The van der Waals surface area contributed by atoms with Gasteiger partial charge in [-0.3, -0.25) is 4.90 Å². The molecule has 1 atom stereocenters. The minimum atomic E-state index is -0.264. The van der Waals surface area contributed by atoms with Crippen molar-refractivity contribution in [1.29, 1.82) is 0 Å². The zero-order valence-corrected chi connectivity index (χ0v) is 14.8. The smallest absolute Gasteiger partial charge is 0.319 e. The lowest BCUT2D eigenvalue weighted by molar-refractivity contribution is -0.0288. The van der Waals surface area contributed by atoms with E-state index in [1.807, 2.05) is 19.1 Å². The Hall–Kier alpha value is -1.30. The maximum atomic E-state index is 12.0. The number of anilines is 1. The van der Waals surface area contributed by atoms with Gasteiger partial charge in [-0.25, -0.2) is 4.79 Å². The number of aryl methyl sites for hydroxylation is 1. The summed E-state index contributed by atoms with van der Waals surface area (Å²) >= 11 is 6.12. The molecule has 1 aromatic carbocycles. The number of ether oxygens (including phenoxy) is 1. The number of nitrogens with one attached hydrogen (secondary N) is 2. The molecule has 1 aliphatic rings. The van der Waals surface area contributed by atoms with E-state index in [9.17, 15) is 4.79 Å². The lowest BCUT2D eigenvalue weighted by Gasteiger charge is -2.33. The van der Waals surface area contributed by atoms with Gasteiger partial charge in [-0.1, -0.05) is 31.5 Å². The molecule has 23 heavy (non-hydrogen) atoms. The fourth-order valence-corrected chi connectivity index (χ4v) is 2.96. The fourth-order valence-electron chi connectivity index (χ4n) is 2.68. The van der Waals surface area contributed by atoms with Gasteiger partial charge < -0.3 is 15.4 Å². The molecule has 2 N–H and O–H groups in total. The van der Waals surface area contributed by atoms with Gasteiger partial charge in [0, 0.05) is 26.2 Å². The minimum absolute atomic E-state index is 0.0294. The third-order valence-electron chi connectivity index (χ3n) is 3.71. The van der Waals surface area contributed by atoms with Crippen LogP contribution in [0.3, 0.4) is 0 Å². The number of morpholine rings is 1. The van der Waals surface area contributed by atoms with E-state index < -0.39 is 0 Å². The number of benzene rings is 1. The largest absolute Gasteiger partial charge is 0.374 e. The second-order valence-electron chi connectivity index (χ2n) is 6.46. The lowest BCUT2D eigenvalue weighted by atomic mass is 10.2. The highest BCUT2D eigenvalue weighted by atomic mass is 35.5. The van der Waals surface area contributed by atoms with Gasteiger partial charge in [0.05, 0.1) is 23.4 Å². The molecule has 1 heterocycles. The first-order valence-electron chi connectivity index (χ1n) is 8.09. The summed E-state index contributed by atoms with van der Waals surface area (Å²) in [6, 6.07) is 5.28. The van der Waals surface area contributed by atoms with Gasteiger partial charge in [-0.2, -0.15) is 0 Å². The summed E-state index contributed by atoms with van der Waals surface area (Å²) in [6.07, 6.45) is 0.0294. The van der Waals surface area contributed by atoms with Crippen molar-refractivity contribution < 1.29 is 9.53 Å². The number of carbonyl (C=O) groups excluding carboxylic acids is 1. The van der Waals surface area contributed by atoms with Crippen LogP contribution in [0.15, 0.2) is 18.2 Å². The normalized spacial score (nSPS) is 18.9. The summed E-state index contributed by atoms with van der Waals surface area (Å²) in [5, 5.41) is 6.16. The maximum absolute atomic E-state index is 12.0. The predicted molar refractivity (Wildman–Crippen MR) is 94.2 cm³/mol. The van der Waals surface area contributed by atoms with Gasteiger partial charge in [0.2, 0.25) is 0 Å². The number of hydrogen-bond acceptors (Lipinski definition) is 3. The Balaban J connectivity index is 1.77. The molecule has 0 aliphatic carbocycles. The predicted octanol–water partition coefficient (Wildman–Crippen LogP) is 3.13. The Morgan fingerprint density at radius 1 is 1.48 bits per heavy atom. The maximum Gasteiger partial charge on any atom is 0.319 e. The molecule has 6 heteroatoms. The summed E-state index contributed by atoms with van der Waals surface area (Å²) in [6.45, 7) is 10.4. The molecule has 2 rings (SSSR count). The number of amides is 2. The molecule has 1 saturated heterocycles. The molecule has 1 unspecified atom stereocenters. The number of nitrogens with zero attached hydrogens (tertiary/aromatic N) is 1. The van der Waals surface area contributed by atoms with E-state index >= 15 is 0 Å². The van der Waals surface area contributed by atoms with Crippen molar-refractivity contribution in [2.75, 3.05) is 38.1 Å². The standard InChI is InChI=1S/C17H26ClN3O2/c1-12(2)10-21-6-7-23-14(11-21)9-19-17(22)20-16-5-4-13(3)8-15(16)18/h4-5,8,12,14H,6-7,9-11H2,1-3H3,(H2,19,20,22). The first-order valence-corrected chi connectivity index (χ1v) is 8.47. The van der Waals surface area contributed by atoms with Crippen molar-refractivity contribution in [2.45, 2.75) is 26.9 Å². The van der Waals surface area contributed by atoms with Crippen molar-refractivity contribution >= 4 is 23.3 Å². The van der Waals surface area contributed by atoms with Crippen LogP contribution in [0.2, 0.25) is 5.02 Å². The molecule has 1 fully saturated rings. The van der Waals surface area contributed by atoms with Gasteiger partial charge in [0.25, 0.3) is 0 Å². The monoisotopic (exact) mass is 339 g/mol. The molecule has 0 bridgehead atoms. The van der Waals surface area contributed by atoms with Crippen LogP contribution in [0.1, 0.15) is 19.4 Å². The van der Waals surface area contributed by atoms with Crippen molar-refractivity contribution in [1.82, 2.24) is 10.2 Å². The Bertz CT molecular complexity index is 537. The Labute approximate surface area is 143 Å². The zero-order chi connectivity index (χ0) is 16.8. The highest BCUT2D eigenvalue weighted by molar-refractivity contribution is 6.33. The van der Waals surface area contributed by atoms with E-state index in [0.717, 1.165) is 25.2 Å². The summed E-state index contributed by atoms with van der Waals surface area (Å²) < 4.78 is 5.72. The molecule has 0 radical (unpaired) electrons. The number of halogens is 1. The molecule has 0 aromatic heterocycles. The Morgan fingerprint density at radius 2 is 2.26 bits per heavy atom. The molecule has 0 spiro atoms. The van der Waals surface area contributed by atoms with Gasteiger partial charge in [-0.05, 0) is 30.5 Å². The topological polar surface area (TPSA) is 53.6 Å². The van der Waals surface area contributed by atoms with Crippen LogP contribution < -0.4 is 10.6 Å². The highest BCUT2D eigenvalue weighted by Crippen LogP contribution is 2.22. The Morgan fingerprint density at radius 3 is 2.96 bits per heavy atom. The SMILES string of the molecule is Cc1ccc(NC(=O)NCC2CN(CC(C)C)CCO2)c(Cl)c1. The van der Waals surface area contributed by atoms with E-state index in [2.05, 4.69) is 29.4 Å². The van der Waals surface area contributed by atoms with E-state index in [0.29, 0.717) is 29.8 Å². The average molecular weight is 340 g/mol. The second-order valence-corrected chi connectivity index (χ2v) is 6.87. The first kappa shape index (κ1) is 18.0. The van der Waals surface area contributed by atoms with Crippen LogP contribution in [-0.4, -0.2) is 49.8 Å². The summed E-state index contributed by atoms with van der Waals surface area (Å²) in [7, 11) is 0.